The summed E-state index contributed by atoms with van der Waals surface area (Å²) in [6, 6.07) is 96.0. The zero-order valence-corrected chi connectivity index (χ0v) is 74.2. The molecule has 6 N–H and O–H groups in total. The van der Waals surface area contributed by atoms with Crippen LogP contribution in [0.25, 0.3) is 0 Å². The summed E-state index contributed by atoms with van der Waals surface area (Å²) in [7, 11) is 0. The molecule has 1 aliphatic rings. The lowest BCUT2D eigenvalue weighted by molar-refractivity contribution is 0.261. The van der Waals surface area contributed by atoms with Gasteiger partial charge in [0.25, 0.3) is 0 Å². The van der Waals surface area contributed by atoms with E-state index in [0.717, 1.165) is 205 Å². The number of carbonyl (C=O) groups excluding carboxylic acids is 2. The molecule has 13 rings (SSSR count). The van der Waals surface area contributed by atoms with Crippen molar-refractivity contribution < 1.29 is 38.0 Å². The quantitative estimate of drug-likeness (QED) is 0.0123. The Balaban J connectivity index is 1.10. The molecule has 0 spiro atoms. The van der Waals surface area contributed by atoms with Crippen molar-refractivity contribution in [3.63, 3.8) is 0 Å². The van der Waals surface area contributed by atoms with Crippen LogP contribution in [-0.4, -0.2) is 51.7 Å². The van der Waals surface area contributed by atoms with Crippen molar-refractivity contribution in [1.82, 2.24) is 0 Å². The maximum atomic E-state index is 15.2. The number of amides is 4. The monoisotopic (exact) mass is 1680 g/mol. The van der Waals surface area contributed by atoms with Crippen molar-refractivity contribution in [2.75, 3.05) is 71.5 Å². The van der Waals surface area contributed by atoms with E-state index in [4.69, 9.17) is 28.4 Å². The third-order valence-electron chi connectivity index (χ3n) is 23.2. The minimum absolute atomic E-state index is 0.274. The van der Waals surface area contributed by atoms with Crippen molar-refractivity contribution in [3.05, 3.63) is 382 Å². The molecule has 8 bridgehead atoms. The van der Waals surface area contributed by atoms with E-state index < -0.39 is 23.1 Å². The van der Waals surface area contributed by atoms with Crippen molar-refractivity contribution in [1.29, 1.82) is 0 Å². The number of unbranched alkanes of at least 4 members (excludes halogenated alkanes) is 12. The van der Waals surface area contributed by atoms with Gasteiger partial charge in [-0.2, -0.15) is 0 Å². The first-order valence-electron chi connectivity index (χ1n) is 45.9. The fourth-order valence-electron chi connectivity index (χ4n) is 17.1. The van der Waals surface area contributed by atoms with Crippen LogP contribution in [0.3, 0.4) is 0 Å². The van der Waals surface area contributed by atoms with Gasteiger partial charge < -0.3 is 60.3 Å². The van der Waals surface area contributed by atoms with Crippen LogP contribution in [0.1, 0.15) is 221 Å². The molecular formula is C112H126N6O8. The number of hydrogen-bond acceptors (Lipinski definition) is 10. The van der Waals surface area contributed by atoms with Gasteiger partial charge in [0.2, 0.25) is 0 Å². The van der Waals surface area contributed by atoms with Crippen LogP contribution in [0.2, 0.25) is 0 Å². The Labute approximate surface area is 748 Å². The maximum Gasteiger partial charge on any atom is 0.323 e. The molecular weight excluding hydrogens is 1560 g/mol. The Morgan fingerprint density at radius 3 is 0.746 bits per heavy atom. The summed E-state index contributed by atoms with van der Waals surface area (Å²) in [4.78, 5) is 30.5. The van der Waals surface area contributed by atoms with E-state index >= 15 is 9.59 Å². The molecule has 0 unspecified atom stereocenters. The number of carbonyl (C=O) groups is 2. The van der Waals surface area contributed by atoms with Gasteiger partial charge in [-0.05, 0) is 170 Å². The average Bonchev–Trinajstić information content (AvgIpc) is 0.748. The maximum absolute atomic E-state index is 15.2. The first kappa shape index (κ1) is 90.8. The molecule has 14 nitrogen and oxygen atoms in total. The van der Waals surface area contributed by atoms with Gasteiger partial charge in [-0.3, -0.25) is 0 Å². The number of ether oxygens (including phenoxy) is 6. The molecule has 0 saturated carbocycles. The van der Waals surface area contributed by atoms with Crippen LogP contribution >= 0.6 is 0 Å². The predicted octanol–water partition coefficient (Wildman–Crippen LogP) is 28.2. The molecule has 652 valence electrons. The van der Waals surface area contributed by atoms with Gasteiger partial charge in [-0.25, -0.2) is 9.59 Å². The van der Waals surface area contributed by atoms with Crippen LogP contribution in [-0.2, 0) is 36.8 Å². The fourth-order valence-corrected chi connectivity index (χ4v) is 17.1. The highest BCUT2D eigenvalue weighted by Crippen LogP contribution is 2.48. The Kier molecular flexibility index (Phi) is 34.0. The van der Waals surface area contributed by atoms with E-state index in [0.29, 0.717) is 96.9 Å². The van der Waals surface area contributed by atoms with Gasteiger partial charge in [0.15, 0.2) is 0 Å². The van der Waals surface area contributed by atoms with Crippen LogP contribution in [0, 0.1) is 0 Å². The lowest BCUT2D eigenvalue weighted by atomic mass is 9.76. The number of urea groups is 2. The summed E-state index contributed by atoms with van der Waals surface area (Å²) in [6.45, 7) is 19.5. The van der Waals surface area contributed by atoms with Gasteiger partial charge in [0, 0.05) is 116 Å². The van der Waals surface area contributed by atoms with Crippen LogP contribution in [0.5, 0.6) is 34.5 Å². The molecule has 0 radical (unpaired) electrons. The lowest BCUT2D eigenvalue weighted by Crippen LogP contribution is -2.38. The molecule has 0 fully saturated rings. The molecule has 0 aromatic heterocycles. The SMILES string of the molecule is C=CCCCCOc1cccc(NC(=O)Nc2cc3c(OCCCCC)c(c2)Cc2cc(NC(c4ccccc4)(c4ccccc4)c4ccccc4)cc(c2OCCCCC)Cc2cc(NC(=O)Nc4cccc(OCCCCC=C)c4)cc(c2OCCCCC)Cc2cc(NC(c4ccccc4)(c4ccccc4)c4ccccc4)cc(c2OCCCCC)C3)c1. The second-order valence-corrected chi connectivity index (χ2v) is 32.8. The number of benzene rings is 12. The van der Waals surface area contributed by atoms with Crippen LogP contribution in [0.4, 0.5) is 43.7 Å². The molecule has 1 aliphatic carbocycles. The van der Waals surface area contributed by atoms with Crippen LogP contribution in [0.15, 0.2) is 304 Å². The normalized spacial score (nSPS) is 11.8. The van der Waals surface area contributed by atoms with Gasteiger partial charge >= 0.3 is 12.1 Å². The van der Waals surface area contributed by atoms with Gasteiger partial charge in [-0.15, -0.1) is 13.2 Å². The van der Waals surface area contributed by atoms with Crippen molar-refractivity contribution in [2.24, 2.45) is 0 Å². The Bertz CT molecular complexity index is 4810. The van der Waals surface area contributed by atoms with E-state index in [1.807, 2.05) is 60.7 Å². The van der Waals surface area contributed by atoms with Crippen LogP contribution < -0.4 is 60.3 Å². The second-order valence-electron chi connectivity index (χ2n) is 32.8. The highest BCUT2D eigenvalue weighted by atomic mass is 16.5. The molecule has 12 aromatic carbocycles. The number of rotatable bonds is 46. The summed E-state index contributed by atoms with van der Waals surface area (Å²) < 4.78 is 42.7. The third-order valence-corrected chi connectivity index (χ3v) is 23.2. The topological polar surface area (TPSA) is 162 Å². The van der Waals surface area contributed by atoms with E-state index in [1.165, 1.54) is 0 Å². The Hall–Kier alpha value is -12.9. The molecule has 14 heteroatoms. The Morgan fingerprint density at radius 1 is 0.270 bits per heavy atom. The molecule has 12 aromatic rings. The number of fused-ring (bicyclic) bond motifs is 8. The molecule has 0 aliphatic heterocycles. The summed E-state index contributed by atoms with van der Waals surface area (Å²) in [6.07, 6.45) is 21.4. The first-order chi connectivity index (χ1) is 62.0. The highest BCUT2D eigenvalue weighted by molar-refractivity contribution is 6.01. The number of anilines is 6. The smallest absolute Gasteiger partial charge is 0.323 e. The van der Waals surface area contributed by atoms with E-state index in [2.05, 4.69) is 303 Å². The molecule has 0 atom stereocenters. The van der Waals surface area contributed by atoms with E-state index in [1.54, 1.807) is 0 Å². The summed E-state index contributed by atoms with van der Waals surface area (Å²) in [5.41, 5.74) is 15.0. The lowest BCUT2D eigenvalue weighted by Gasteiger charge is -2.38. The molecule has 126 heavy (non-hydrogen) atoms. The Morgan fingerprint density at radius 2 is 0.500 bits per heavy atom. The van der Waals surface area contributed by atoms with E-state index in [9.17, 15) is 0 Å². The predicted molar refractivity (Wildman–Crippen MR) is 520 cm³/mol. The fraction of sp³-hybridized carbons (Fsp3) is 0.304. The zero-order chi connectivity index (χ0) is 87.4. The number of nitrogens with one attached hydrogen (secondary N) is 6. The third kappa shape index (κ3) is 24.3. The minimum Gasteiger partial charge on any atom is -0.494 e. The standard InChI is InChI=1S/C112H126N6O8/c1-7-13-19-43-63-121-103-61-45-59-97(81-103)113-109(119)115-99-73-83-69-87-77-101(117-111(91-47-27-21-28-48-91,92-49-29-22-30-50-92)93-51-31-23-32-52-93)79-89(107(87)125-67-41-17-11-5)71-85-75-100(116-110(120)114-98-60-46-62-104(82-98)122-64-44-20-14-8-2)76-86(106(85)124-66-40-16-10-4)72-90-80-102(78-88(108(90)126-68-42-18-12-6)70-84(74-99)105(83)123-65-39-15-9-3)118-112(94-53-33-24-34-54-94,95-55-35-25-36-56-95)96-57-37-26-38-58-96/h7-8,21-38,45-62,73-82,117-118H,1-2,9-20,39-44,63-72H2,3-6H3,(H2,113,115,119)(H2,114,116,120). The van der Waals surface area contributed by atoms with Gasteiger partial charge in [0.1, 0.15) is 45.6 Å². The average molecular weight is 1680 g/mol. The molecule has 4 amide bonds. The summed E-state index contributed by atoms with van der Waals surface area (Å²) in [5, 5.41) is 21.9. The first-order valence-corrected chi connectivity index (χ1v) is 45.9. The number of hydrogen-bond donors (Lipinski definition) is 6. The second kappa shape index (κ2) is 47.2. The van der Waals surface area contributed by atoms with Gasteiger partial charge in [0.05, 0.1) is 39.6 Å². The molecule has 0 heterocycles. The van der Waals surface area contributed by atoms with Crippen molar-refractivity contribution in [3.8, 4) is 34.5 Å². The van der Waals surface area contributed by atoms with Crippen molar-refractivity contribution in [2.45, 2.75) is 180 Å². The zero-order valence-electron chi connectivity index (χ0n) is 74.2. The number of allylic oxidation sites excluding steroid dienone is 2. The van der Waals surface area contributed by atoms with Crippen molar-refractivity contribution >= 4 is 46.2 Å². The highest BCUT2D eigenvalue weighted by Gasteiger charge is 2.39. The summed E-state index contributed by atoms with van der Waals surface area (Å²) in [5.74, 6) is 4.16. The largest absolute Gasteiger partial charge is 0.494 e. The summed E-state index contributed by atoms with van der Waals surface area (Å²) >= 11 is 0. The van der Waals surface area contributed by atoms with Gasteiger partial charge in [-0.1, -0.05) is 285 Å². The van der Waals surface area contributed by atoms with E-state index in [-0.39, 0.29) is 25.7 Å². The minimum atomic E-state index is -0.970. The molecule has 0 saturated heterocycles.